The number of fused-ring (bicyclic) bond motifs is 1. The molecule has 0 radical (unpaired) electrons. The molecule has 1 saturated carbocycles. The van der Waals surface area contributed by atoms with E-state index in [4.69, 9.17) is 14.5 Å². The molecule has 3 aromatic rings. The van der Waals surface area contributed by atoms with Crippen molar-refractivity contribution in [3.63, 3.8) is 0 Å². The van der Waals surface area contributed by atoms with Crippen molar-refractivity contribution in [2.24, 2.45) is 0 Å². The molecule has 10 heteroatoms. The van der Waals surface area contributed by atoms with E-state index in [0.717, 1.165) is 35.6 Å². The topological polar surface area (TPSA) is 113 Å². The maximum Gasteiger partial charge on any atom is 0.257 e. The molecule has 0 bridgehead atoms. The molecule has 10 nitrogen and oxygen atoms in total. The van der Waals surface area contributed by atoms with Gasteiger partial charge in [-0.15, -0.1) is 0 Å². The smallest absolute Gasteiger partial charge is 0.257 e. The first-order valence-corrected chi connectivity index (χ1v) is 12.3. The van der Waals surface area contributed by atoms with Crippen molar-refractivity contribution >= 4 is 29.0 Å². The SMILES string of the molecule is CN(c1nc(Nc2cnc3c(c2)OCCO3)ncc1-c1ccc(N2CCCC2=O)cc1)[C@H]1C[C@H](O)C1. The van der Waals surface area contributed by atoms with Gasteiger partial charge in [0.25, 0.3) is 5.88 Å². The van der Waals surface area contributed by atoms with Crippen LogP contribution in [0.2, 0.25) is 0 Å². The Balaban J connectivity index is 1.30. The molecule has 2 aromatic heterocycles. The maximum absolute atomic E-state index is 12.1. The van der Waals surface area contributed by atoms with Gasteiger partial charge in [-0.2, -0.15) is 4.98 Å². The fourth-order valence-corrected chi connectivity index (χ4v) is 4.83. The van der Waals surface area contributed by atoms with Gasteiger partial charge in [0.05, 0.1) is 18.0 Å². The second-order valence-electron chi connectivity index (χ2n) is 9.37. The lowest BCUT2D eigenvalue weighted by Crippen LogP contribution is -2.45. The number of amides is 1. The standard InChI is InChI=1S/C26H28N6O4/c1-31(19-12-20(33)13-19)24-21(16-4-6-18(7-5-16)32-8-2-3-23(32)34)15-28-26(30-24)29-17-11-22-25(27-14-17)36-10-9-35-22/h4-7,11,14-15,19-20,33H,2-3,8-10,12-13H2,1H3,(H,28,29,30)/t19-,20-. The van der Waals surface area contributed by atoms with Gasteiger partial charge < -0.3 is 29.7 Å². The molecule has 1 aliphatic carbocycles. The number of rotatable bonds is 6. The Morgan fingerprint density at radius 2 is 1.92 bits per heavy atom. The number of hydrogen-bond acceptors (Lipinski definition) is 9. The summed E-state index contributed by atoms with van der Waals surface area (Å²) in [5, 5.41) is 13.1. The van der Waals surface area contributed by atoms with E-state index in [1.54, 1.807) is 12.4 Å². The number of hydrogen-bond donors (Lipinski definition) is 2. The molecule has 0 spiro atoms. The quantitative estimate of drug-likeness (QED) is 0.540. The van der Waals surface area contributed by atoms with Gasteiger partial charge in [0.1, 0.15) is 19.0 Å². The number of nitrogens with zero attached hydrogens (tertiary/aromatic N) is 5. The van der Waals surface area contributed by atoms with Crippen LogP contribution in [0.1, 0.15) is 25.7 Å². The highest BCUT2D eigenvalue weighted by Gasteiger charge is 2.32. The molecule has 3 aliphatic rings. The van der Waals surface area contributed by atoms with Gasteiger partial charge in [0.2, 0.25) is 11.9 Å². The zero-order valence-electron chi connectivity index (χ0n) is 20.1. The van der Waals surface area contributed by atoms with E-state index in [9.17, 15) is 9.90 Å². The molecule has 4 heterocycles. The van der Waals surface area contributed by atoms with Crippen LogP contribution in [0.25, 0.3) is 11.1 Å². The number of carbonyl (C=O) groups is 1. The zero-order valence-corrected chi connectivity index (χ0v) is 20.1. The van der Waals surface area contributed by atoms with Crippen LogP contribution < -0.4 is 24.6 Å². The average molecular weight is 489 g/mol. The number of anilines is 4. The number of aliphatic hydroxyl groups excluding tert-OH is 1. The molecule has 2 fully saturated rings. The first kappa shape index (κ1) is 22.5. The molecule has 2 N–H and O–H groups in total. The largest absolute Gasteiger partial charge is 0.484 e. The number of aliphatic hydroxyl groups is 1. The predicted octanol–water partition coefficient (Wildman–Crippen LogP) is 3.14. The van der Waals surface area contributed by atoms with Crippen molar-refractivity contribution in [1.29, 1.82) is 0 Å². The number of aromatic nitrogens is 3. The molecule has 0 unspecified atom stereocenters. The summed E-state index contributed by atoms with van der Waals surface area (Å²) in [5.74, 6) is 2.42. The normalized spacial score (nSPS) is 20.7. The second kappa shape index (κ2) is 9.27. The molecule has 1 aromatic carbocycles. The average Bonchev–Trinajstić information content (AvgIpc) is 3.32. The van der Waals surface area contributed by atoms with Gasteiger partial charge in [-0.25, -0.2) is 9.97 Å². The fraction of sp³-hybridized carbons (Fsp3) is 0.385. The lowest BCUT2D eigenvalue weighted by Gasteiger charge is -2.39. The van der Waals surface area contributed by atoms with Crippen LogP contribution in [0.15, 0.2) is 42.7 Å². The van der Waals surface area contributed by atoms with Crippen LogP contribution in [0.4, 0.5) is 23.1 Å². The minimum atomic E-state index is -0.276. The van der Waals surface area contributed by atoms with Crippen molar-refractivity contribution in [3.05, 3.63) is 42.7 Å². The summed E-state index contributed by atoms with van der Waals surface area (Å²) >= 11 is 0. The number of benzene rings is 1. The van der Waals surface area contributed by atoms with Crippen molar-refractivity contribution in [2.45, 2.75) is 37.8 Å². The Labute approximate surface area is 208 Å². The van der Waals surface area contributed by atoms with Crippen molar-refractivity contribution in [3.8, 4) is 22.8 Å². The van der Waals surface area contributed by atoms with Crippen LogP contribution >= 0.6 is 0 Å². The number of nitrogens with one attached hydrogen (secondary N) is 1. The van der Waals surface area contributed by atoms with Gasteiger partial charge >= 0.3 is 0 Å². The van der Waals surface area contributed by atoms with Crippen molar-refractivity contribution < 1.29 is 19.4 Å². The Morgan fingerprint density at radius 3 is 2.67 bits per heavy atom. The van der Waals surface area contributed by atoms with Crippen molar-refractivity contribution in [1.82, 2.24) is 15.0 Å². The third kappa shape index (κ3) is 4.28. The molecular formula is C26H28N6O4. The molecule has 1 amide bonds. The number of pyridine rings is 1. The Morgan fingerprint density at radius 1 is 1.11 bits per heavy atom. The third-order valence-electron chi connectivity index (χ3n) is 6.96. The molecule has 2 aliphatic heterocycles. The summed E-state index contributed by atoms with van der Waals surface area (Å²) in [6.45, 7) is 1.73. The summed E-state index contributed by atoms with van der Waals surface area (Å²) in [4.78, 5) is 29.8. The van der Waals surface area contributed by atoms with E-state index < -0.39 is 0 Å². The minimum absolute atomic E-state index is 0.166. The second-order valence-corrected chi connectivity index (χ2v) is 9.37. The highest BCUT2D eigenvalue weighted by Crippen LogP contribution is 2.36. The summed E-state index contributed by atoms with van der Waals surface area (Å²) < 4.78 is 11.1. The van der Waals surface area contributed by atoms with Crippen LogP contribution in [0.3, 0.4) is 0 Å². The van der Waals surface area contributed by atoms with Gasteiger partial charge in [-0.3, -0.25) is 4.79 Å². The van der Waals surface area contributed by atoms with Gasteiger partial charge in [-0.1, -0.05) is 12.1 Å². The summed E-state index contributed by atoms with van der Waals surface area (Å²) in [7, 11) is 2.00. The molecular weight excluding hydrogens is 460 g/mol. The van der Waals surface area contributed by atoms with E-state index in [-0.39, 0.29) is 18.1 Å². The zero-order chi connectivity index (χ0) is 24.6. The summed E-state index contributed by atoms with van der Waals surface area (Å²) in [6.07, 6.45) is 6.08. The first-order valence-electron chi connectivity index (χ1n) is 12.3. The van der Waals surface area contributed by atoms with E-state index in [0.29, 0.717) is 55.7 Å². The molecule has 1 saturated heterocycles. The van der Waals surface area contributed by atoms with Crippen LogP contribution in [-0.4, -0.2) is 64.9 Å². The summed E-state index contributed by atoms with van der Waals surface area (Å²) in [5.41, 5.74) is 3.44. The molecule has 6 rings (SSSR count). The van der Waals surface area contributed by atoms with E-state index in [2.05, 4.69) is 20.2 Å². The monoisotopic (exact) mass is 488 g/mol. The number of carbonyl (C=O) groups excluding carboxylic acids is 1. The predicted molar refractivity (Wildman–Crippen MR) is 135 cm³/mol. The van der Waals surface area contributed by atoms with Crippen LogP contribution in [0.5, 0.6) is 11.6 Å². The van der Waals surface area contributed by atoms with Gasteiger partial charge in [0, 0.05) is 49.6 Å². The Bertz CT molecular complexity index is 1280. The Hall–Kier alpha value is -3.92. The first-order chi connectivity index (χ1) is 17.5. The van der Waals surface area contributed by atoms with Crippen molar-refractivity contribution in [2.75, 3.05) is 41.9 Å². The van der Waals surface area contributed by atoms with Gasteiger partial charge in [-0.05, 0) is 37.0 Å². The summed E-state index contributed by atoms with van der Waals surface area (Å²) in [6, 6.07) is 9.97. The van der Waals surface area contributed by atoms with Crippen LogP contribution in [-0.2, 0) is 4.79 Å². The van der Waals surface area contributed by atoms with E-state index >= 15 is 0 Å². The Kier molecular flexibility index (Phi) is 5.80. The molecule has 0 atom stereocenters. The highest BCUT2D eigenvalue weighted by atomic mass is 16.6. The molecule has 186 valence electrons. The van der Waals surface area contributed by atoms with E-state index in [1.807, 2.05) is 42.3 Å². The number of ether oxygens (including phenoxy) is 2. The van der Waals surface area contributed by atoms with Crippen LogP contribution in [0, 0.1) is 0 Å². The lowest BCUT2D eigenvalue weighted by atomic mass is 9.88. The fourth-order valence-electron chi connectivity index (χ4n) is 4.83. The van der Waals surface area contributed by atoms with E-state index in [1.165, 1.54) is 0 Å². The highest BCUT2D eigenvalue weighted by molar-refractivity contribution is 5.95. The lowest BCUT2D eigenvalue weighted by molar-refractivity contribution is -0.117. The third-order valence-corrected chi connectivity index (χ3v) is 6.96. The minimum Gasteiger partial charge on any atom is -0.484 e. The van der Waals surface area contributed by atoms with Gasteiger partial charge in [0.15, 0.2) is 5.75 Å². The maximum atomic E-state index is 12.1. The molecule has 36 heavy (non-hydrogen) atoms.